The highest BCUT2D eigenvalue weighted by atomic mass is 35.5. The zero-order valence-electron chi connectivity index (χ0n) is 12.3. The Labute approximate surface area is 135 Å². The molecule has 1 aliphatic heterocycles. The molecule has 5 nitrogen and oxygen atoms in total. The lowest BCUT2D eigenvalue weighted by molar-refractivity contribution is -0.135. The molecule has 1 unspecified atom stereocenters. The SMILES string of the molecule is CC(C)C(N)C(=O)N1CCN(C(=O)c2ccsc2)CC1.Cl. The highest BCUT2D eigenvalue weighted by Gasteiger charge is 2.28. The van der Waals surface area contributed by atoms with Crippen LogP contribution >= 0.6 is 23.7 Å². The first kappa shape index (κ1) is 17.9. The largest absolute Gasteiger partial charge is 0.338 e. The van der Waals surface area contributed by atoms with Crippen molar-refractivity contribution in [3.05, 3.63) is 22.4 Å². The molecule has 2 heterocycles. The fourth-order valence-corrected chi connectivity index (χ4v) is 2.82. The average molecular weight is 332 g/mol. The number of halogens is 1. The minimum absolute atomic E-state index is 0. The number of piperazine rings is 1. The van der Waals surface area contributed by atoms with Crippen molar-refractivity contribution in [2.75, 3.05) is 26.2 Å². The smallest absolute Gasteiger partial charge is 0.254 e. The zero-order chi connectivity index (χ0) is 14.7. The van der Waals surface area contributed by atoms with Crippen molar-refractivity contribution in [3.63, 3.8) is 0 Å². The molecule has 21 heavy (non-hydrogen) atoms. The standard InChI is InChI=1S/C14H21N3O2S.ClH/c1-10(2)12(15)14(19)17-6-4-16(5-7-17)13(18)11-3-8-20-9-11;/h3,8-10,12H,4-7,15H2,1-2H3;1H. The van der Waals surface area contributed by atoms with Crippen LogP contribution in [0.15, 0.2) is 16.8 Å². The Morgan fingerprint density at radius 1 is 1.19 bits per heavy atom. The van der Waals surface area contributed by atoms with Gasteiger partial charge in [0.2, 0.25) is 5.91 Å². The second-order valence-corrected chi connectivity index (χ2v) is 6.18. The highest BCUT2D eigenvalue weighted by molar-refractivity contribution is 7.08. The molecule has 0 aliphatic carbocycles. The molecule has 1 aromatic rings. The van der Waals surface area contributed by atoms with Crippen LogP contribution in [-0.2, 0) is 4.79 Å². The Balaban J connectivity index is 0.00000220. The lowest BCUT2D eigenvalue weighted by Gasteiger charge is -2.36. The van der Waals surface area contributed by atoms with Crippen molar-refractivity contribution < 1.29 is 9.59 Å². The van der Waals surface area contributed by atoms with Gasteiger partial charge in [0.1, 0.15) is 0 Å². The second-order valence-electron chi connectivity index (χ2n) is 5.40. The normalized spacial score (nSPS) is 16.6. The molecule has 1 aromatic heterocycles. The van der Waals surface area contributed by atoms with E-state index in [1.54, 1.807) is 9.80 Å². The molecule has 7 heteroatoms. The average Bonchev–Trinajstić information content (AvgIpc) is 2.99. The van der Waals surface area contributed by atoms with Gasteiger partial charge in [-0.15, -0.1) is 12.4 Å². The van der Waals surface area contributed by atoms with Gasteiger partial charge in [0.15, 0.2) is 0 Å². The minimum Gasteiger partial charge on any atom is -0.338 e. The third-order valence-corrected chi connectivity index (χ3v) is 4.33. The number of nitrogens with two attached hydrogens (primary N) is 1. The molecular formula is C14H22ClN3O2S. The van der Waals surface area contributed by atoms with Crippen LogP contribution in [0, 0.1) is 5.92 Å². The summed E-state index contributed by atoms with van der Waals surface area (Å²) in [6.07, 6.45) is 0. The number of nitrogens with zero attached hydrogens (tertiary/aromatic N) is 2. The first-order chi connectivity index (χ1) is 9.50. The number of rotatable bonds is 3. The van der Waals surface area contributed by atoms with Gasteiger partial charge in [-0.25, -0.2) is 0 Å². The van der Waals surface area contributed by atoms with Gasteiger partial charge in [-0.2, -0.15) is 11.3 Å². The van der Waals surface area contributed by atoms with Crippen molar-refractivity contribution in [2.45, 2.75) is 19.9 Å². The highest BCUT2D eigenvalue weighted by Crippen LogP contribution is 2.13. The third-order valence-electron chi connectivity index (χ3n) is 3.65. The fraction of sp³-hybridized carbons (Fsp3) is 0.571. The van der Waals surface area contributed by atoms with Gasteiger partial charge in [0.05, 0.1) is 11.6 Å². The van der Waals surface area contributed by atoms with Crippen LogP contribution in [0.4, 0.5) is 0 Å². The molecule has 2 rings (SSSR count). The Morgan fingerprint density at radius 3 is 2.24 bits per heavy atom. The van der Waals surface area contributed by atoms with Crippen LogP contribution < -0.4 is 5.73 Å². The summed E-state index contributed by atoms with van der Waals surface area (Å²) < 4.78 is 0. The zero-order valence-corrected chi connectivity index (χ0v) is 14.0. The maximum absolute atomic E-state index is 12.2. The third kappa shape index (κ3) is 4.18. The summed E-state index contributed by atoms with van der Waals surface area (Å²) in [5, 5.41) is 3.75. The summed E-state index contributed by atoms with van der Waals surface area (Å²) in [6.45, 7) is 6.17. The van der Waals surface area contributed by atoms with Gasteiger partial charge in [0.25, 0.3) is 5.91 Å². The quantitative estimate of drug-likeness (QED) is 0.911. The Morgan fingerprint density at radius 2 is 1.76 bits per heavy atom. The van der Waals surface area contributed by atoms with Crippen molar-refractivity contribution in [2.24, 2.45) is 11.7 Å². The van der Waals surface area contributed by atoms with Crippen LogP contribution in [0.3, 0.4) is 0 Å². The van der Waals surface area contributed by atoms with Gasteiger partial charge < -0.3 is 15.5 Å². The van der Waals surface area contributed by atoms with E-state index in [1.807, 2.05) is 30.7 Å². The minimum atomic E-state index is -0.450. The summed E-state index contributed by atoms with van der Waals surface area (Å²) in [4.78, 5) is 27.9. The van der Waals surface area contributed by atoms with Gasteiger partial charge in [0, 0.05) is 31.6 Å². The van der Waals surface area contributed by atoms with E-state index in [4.69, 9.17) is 5.73 Å². The van der Waals surface area contributed by atoms with E-state index >= 15 is 0 Å². The summed E-state index contributed by atoms with van der Waals surface area (Å²) in [5.74, 6) is 0.169. The number of carbonyl (C=O) groups is 2. The molecule has 0 radical (unpaired) electrons. The van der Waals surface area contributed by atoms with Crippen molar-refractivity contribution in [1.29, 1.82) is 0 Å². The van der Waals surface area contributed by atoms with Crippen molar-refractivity contribution in [3.8, 4) is 0 Å². The number of hydrogen-bond donors (Lipinski definition) is 1. The Bertz CT molecular complexity index is 471. The first-order valence-corrected chi connectivity index (χ1v) is 7.81. The molecular weight excluding hydrogens is 310 g/mol. The van der Waals surface area contributed by atoms with Crippen LogP contribution in [-0.4, -0.2) is 53.8 Å². The van der Waals surface area contributed by atoms with E-state index in [0.29, 0.717) is 26.2 Å². The maximum Gasteiger partial charge on any atom is 0.254 e. The second kappa shape index (κ2) is 7.77. The van der Waals surface area contributed by atoms with E-state index in [-0.39, 0.29) is 30.1 Å². The first-order valence-electron chi connectivity index (χ1n) is 6.86. The summed E-state index contributed by atoms with van der Waals surface area (Å²) in [7, 11) is 0. The topological polar surface area (TPSA) is 66.6 Å². The van der Waals surface area contributed by atoms with Gasteiger partial charge >= 0.3 is 0 Å². The number of carbonyl (C=O) groups excluding carboxylic acids is 2. The molecule has 118 valence electrons. The number of amides is 2. The maximum atomic E-state index is 12.2. The van der Waals surface area contributed by atoms with Crippen LogP contribution in [0.5, 0.6) is 0 Å². The van der Waals surface area contributed by atoms with E-state index in [9.17, 15) is 9.59 Å². The molecule has 0 saturated carbocycles. The van der Waals surface area contributed by atoms with Gasteiger partial charge in [-0.1, -0.05) is 13.8 Å². The number of hydrogen-bond acceptors (Lipinski definition) is 4. The molecule has 1 aliphatic rings. The van der Waals surface area contributed by atoms with Crippen LogP contribution in [0.25, 0.3) is 0 Å². The Hall–Kier alpha value is -1.11. The van der Waals surface area contributed by atoms with Gasteiger partial charge in [-0.3, -0.25) is 9.59 Å². The molecule has 1 atom stereocenters. The summed E-state index contributed by atoms with van der Waals surface area (Å²) >= 11 is 1.52. The predicted molar refractivity (Wildman–Crippen MR) is 86.9 cm³/mol. The monoisotopic (exact) mass is 331 g/mol. The van der Waals surface area contributed by atoms with Crippen molar-refractivity contribution in [1.82, 2.24) is 9.80 Å². The van der Waals surface area contributed by atoms with E-state index in [1.165, 1.54) is 11.3 Å². The predicted octanol–water partition coefficient (Wildman–Crippen LogP) is 1.44. The fourth-order valence-electron chi connectivity index (χ4n) is 2.19. The van der Waals surface area contributed by atoms with Crippen LogP contribution in [0.2, 0.25) is 0 Å². The van der Waals surface area contributed by atoms with E-state index < -0.39 is 6.04 Å². The van der Waals surface area contributed by atoms with Crippen LogP contribution in [0.1, 0.15) is 24.2 Å². The molecule has 0 spiro atoms. The molecule has 2 amide bonds. The molecule has 0 bridgehead atoms. The lowest BCUT2D eigenvalue weighted by Crippen LogP contribution is -2.55. The molecule has 1 saturated heterocycles. The summed E-state index contributed by atoms with van der Waals surface area (Å²) in [5.41, 5.74) is 6.62. The van der Waals surface area contributed by atoms with Crippen molar-refractivity contribution >= 4 is 35.6 Å². The number of thiophene rings is 1. The molecule has 0 aromatic carbocycles. The van der Waals surface area contributed by atoms with E-state index in [0.717, 1.165) is 5.56 Å². The lowest BCUT2D eigenvalue weighted by atomic mass is 10.0. The molecule has 1 fully saturated rings. The molecule has 2 N–H and O–H groups in total. The van der Waals surface area contributed by atoms with E-state index in [2.05, 4.69) is 0 Å². The van der Waals surface area contributed by atoms with Gasteiger partial charge in [-0.05, 0) is 17.4 Å². The Kier molecular flexibility index (Phi) is 6.64. The summed E-state index contributed by atoms with van der Waals surface area (Å²) in [6, 6.07) is 1.38.